The van der Waals surface area contributed by atoms with Gasteiger partial charge in [0, 0.05) is 12.8 Å². The first-order chi connectivity index (χ1) is 28.7. The highest BCUT2D eigenvalue weighted by Gasteiger charge is 2.35. The molecule has 1 aromatic rings. The summed E-state index contributed by atoms with van der Waals surface area (Å²) >= 11 is 0. The number of aliphatic carboxylic acids is 2. The molecule has 0 aliphatic carbocycles. The Hall–Kier alpha value is -5.67. The average molecular weight is 863 g/mol. The number of carboxylic acid groups (broad SMARTS) is 2. The molecule has 0 aliphatic heterocycles. The van der Waals surface area contributed by atoms with Crippen LogP contribution in [0, 0.1) is 11.8 Å². The van der Waals surface area contributed by atoms with Crippen LogP contribution in [0.4, 0.5) is 0 Å². The summed E-state index contributed by atoms with van der Waals surface area (Å²) in [5, 5.41) is 34.1. The number of amides is 7. The molecule has 7 amide bonds. The number of nitrogens with one attached hydrogen (secondary N) is 6. The molecule has 1 aromatic carbocycles. The SMILES string of the molecule is CC(C)[C@H](NC(=O)[C@H](Cc1ccccc1)NC(=O)[C@H](CCC(N)=O)NC(=O)[C@H](CCCCN)NC(=O)[C@@H](NC(=O)[C@H](CC(=O)O)NC(=O)[C@@H](N)CCCCN)C(C)C)C(=O)O. The number of benzene rings is 1. The van der Waals surface area contributed by atoms with E-state index in [4.69, 9.17) is 22.9 Å². The average Bonchev–Trinajstić information content (AvgIpc) is 3.18. The predicted octanol–water partition coefficient (Wildman–Crippen LogP) is -2.14. The van der Waals surface area contributed by atoms with Gasteiger partial charge in [0.1, 0.15) is 36.3 Å². The van der Waals surface area contributed by atoms with E-state index >= 15 is 0 Å². The van der Waals surface area contributed by atoms with Crippen LogP contribution in [-0.4, -0.2) is 119 Å². The van der Waals surface area contributed by atoms with Gasteiger partial charge in [-0.05, 0) is 69.0 Å². The second-order valence-corrected chi connectivity index (χ2v) is 15.5. The van der Waals surface area contributed by atoms with Gasteiger partial charge in [-0.15, -0.1) is 0 Å². The molecule has 0 radical (unpaired) electrons. The molecular weight excluding hydrogens is 796 g/mol. The molecule has 0 spiro atoms. The van der Waals surface area contributed by atoms with Crippen LogP contribution in [0.1, 0.15) is 91.0 Å². The molecule has 21 nitrogen and oxygen atoms in total. The van der Waals surface area contributed by atoms with E-state index in [1.807, 2.05) is 0 Å². The number of carbonyl (C=O) groups excluding carboxylic acids is 7. The molecule has 0 bridgehead atoms. The van der Waals surface area contributed by atoms with E-state index in [1.54, 1.807) is 58.0 Å². The Labute approximate surface area is 356 Å². The molecule has 21 heteroatoms. The fraction of sp³-hybridized carbons (Fsp3) is 0.625. The van der Waals surface area contributed by atoms with Crippen LogP contribution in [0.5, 0.6) is 0 Å². The first-order valence-corrected chi connectivity index (χ1v) is 20.5. The Balaban J connectivity index is 3.40. The predicted molar refractivity (Wildman–Crippen MR) is 224 cm³/mol. The minimum absolute atomic E-state index is 0.00223. The molecule has 0 fully saturated rings. The van der Waals surface area contributed by atoms with Crippen molar-refractivity contribution in [3.05, 3.63) is 35.9 Å². The summed E-state index contributed by atoms with van der Waals surface area (Å²) in [4.78, 5) is 117. The van der Waals surface area contributed by atoms with E-state index in [1.165, 1.54) is 0 Å². The quantitative estimate of drug-likeness (QED) is 0.0368. The number of rotatable bonds is 30. The smallest absolute Gasteiger partial charge is 0.326 e. The van der Waals surface area contributed by atoms with E-state index in [-0.39, 0.29) is 38.6 Å². The van der Waals surface area contributed by atoms with Gasteiger partial charge in [-0.1, -0.05) is 64.4 Å². The molecule has 342 valence electrons. The molecule has 0 saturated heterocycles. The second-order valence-electron chi connectivity index (χ2n) is 15.5. The third kappa shape index (κ3) is 20.4. The highest BCUT2D eigenvalue weighted by atomic mass is 16.4. The van der Waals surface area contributed by atoms with E-state index in [0.717, 1.165) is 0 Å². The highest BCUT2D eigenvalue weighted by molar-refractivity contribution is 5.98. The van der Waals surface area contributed by atoms with Crippen molar-refractivity contribution >= 4 is 53.3 Å². The van der Waals surface area contributed by atoms with E-state index < -0.39 is 114 Å². The van der Waals surface area contributed by atoms with E-state index in [0.29, 0.717) is 37.8 Å². The van der Waals surface area contributed by atoms with Gasteiger partial charge in [-0.3, -0.25) is 38.4 Å². The van der Waals surface area contributed by atoms with Crippen LogP contribution < -0.4 is 54.8 Å². The van der Waals surface area contributed by atoms with Gasteiger partial charge < -0.3 is 65.0 Å². The van der Waals surface area contributed by atoms with Crippen molar-refractivity contribution in [2.45, 2.75) is 134 Å². The lowest BCUT2D eigenvalue weighted by Crippen LogP contribution is -2.61. The summed E-state index contributed by atoms with van der Waals surface area (Å²) < 4.78 is 0. The number of carboxylic acids is 2. The van der Waals surface area contributed by atoms with Gasteiger partial charge in [0.05, 0.1) is 12.5 Å². The van der Waals surface area contributed by atoms with Crippen molar-refractivity contribution in [1.29, 1.82) is 0 Å². The number of nitrogens with two attached hydrogens (primary N) is 4. The monoisotopic (exact) mass is 862 g/mol. The Kier molecular flexibility index (Phi) is 24.5. The molecule has 0 saturated carbocycles. The van der Waals surface area contributed by atoms with Crippen LogP contribution in [0.3, 0.4) is 0 Å². The molecule has 0 aliphatic rings. The summed E-state index contributed by atoms with van der Waals surface area (Å²) in [6.45, 7) is 6.98. The maximum Gasteiger partial charge on any atom is 0.326 e. The van der Waals surface area contributed by atoms with Gasteiger partial charge in [0.25, 0.3) is 0 Å². The van der Waals surface area contributed by atoms with Crippen molar-refractivity contribution < 1.29 is 53.4 Å². The zero-order chi connectivity index (χ0) is 46.2. The Morgan fingerprint density at radius 3 is 1.52 bits per heavy atom. The normalized spacial score (nSPS) is 14.6. The van der Waals surface area contributed by atoms with Gasteiger partial charge in [0.2, 0.25) is 41.4 Å². The van der Waals surface area contributed by atoms with Gasteiger partial charge in [-0.2, -0.15) is 0 Å². The fourth-order valence-corrected chi connectivity index (χ4v) is 6.04. The number of carbonyl (C=O) groups is 9. The van der Waals surface area contributed by atoms with Crippen LogP contribution in [0.15, 0.2) is 30.3 Å². The Bertz CT molecular complexity index is 1630. The third-order valence-electron chi connectivity index (χ3n) is 9.60. The van der Waals surface area contributed by atoms with Gasteiger partial charge in [0.15, 0.2) is 0 Å². The Morgan fingerprint density at radius 1 is 0.557 bits per heavy atom. The lowest BCUT2D eigenvalue weighted by molar-refractivity contribution is -0.143. The number of hydrogen-bond acceptors (Lipinski definition) is 12. The van der Waals surface area contributed by atoms with Crippen molar-refractivity contribution in [3.63, 3.8) is 0 Å². The van der Waals surface area contributed by atoms with Crippen LogP contribution in [0.25, 0.3) is 0 Å². The number of unbranched alkanes of at least 4 members (excludes halogenated alkanes) is 2. The second kappa shape index (κ2) is 28.0. The lowest BCUT2D eigenvalue weighted by atomic mass is 10.00. The zero-order valence-corrected chi connectivity index (χ0v) is 35.4. The van der Waals surface area contributed by atoms with E-state index in [2.05, 4.69) is 31.9 Å². The van der Waals surface area contributed by atoms with Gasteiger partial charge >= 0.3 is 11.9 Å². The standard InChI is InChI=1S/C40H66N10O11/c1-22(2)32(49-38(58)29(21-31(52)53)47-34(54)25(43)14-8-10-18-41)39(59)46-26(15-9-11-19-42)35(55)45-27(16-17-30(44)51)36(56)48-28(20-24-12-6-5-7-13-24)37(57)50-33(23(3)4)40(60)61/h5-7,12-13,22-23,25-29,32-33H,8-11,14-21,41-43H2,1-4H3,(H2,44,51)(H,45,55)(H,46,59)(H,47,54)(H,48,56)(H,49,58)(H,50,57)(H,52,53)(H,60,61)/t25-,26-,27-,28-,29-,32-,33-/m0/s1. The summed E-state index contributed by atoms with van der Waals surface area (Å²) in [7, 11) is 0. The summed E-state index contributed by atoms with van der Waals surface area (Å²) in [6.07, 6.45) is 0.514. The summed E-state index contributed by atoms with van der Waals surface area (Å²) in [6, 6.07) is -0.911. The third-order valence-corrected chi connectivity index (χ3v) is 9.60. The lowest BCUT2D eigenvalue weighted by Gasteiger charge is -2.29. The van der Waals surface area contributed by atoms with Crippen LogP contribution >= 0.6 is 0 Å². The Morgan fingerprint density at radius 2 is 1.02 bits per heavy atom. The van der Waals surface area contributed by atoms with Crippen molar-refractivity contribution in [2.75, 3.05) is 13.1 Å². The topological polar surface area (TPSA) is 370 Å². The summed E-state index contributed by atoms with van der Waals surface area (Å²) in [5.41, 5.74) is 23.1. The minimum atomic E-state index is -1.61. The molecule has 0 unspecified atom stereocenters. The maximum atomic E-state index is 13.9. The molecule has 0 aromatic heterocycles. The molecule has 0 heterocycles. The van der Waals surface area contributed by atoms with Crippen molar-refractivity contribution in [2.24, 2.45) is 34.8 Å². The minimum Gasteiger partial charge on any atom is -0.481 e. The highest BCUT2D eigenvalue weighted by Crippen LogP contribution is 2.11. The van der Waals surface area contributed by atoms with Crippen LogP contribution in [-0.2, 0) is 49.6 Å². The largest absolute Gasteiger partial charge is 0.481 e. The molecule has 16 N–H and O–H groups in total. The fourth-order valence-electron chi connectivity index (χ4n) is 6.04. The van der Waals surface area contributed by atoms with E-state index in [9.17, 15) is 53.4 Å². The summed E-state index contributed by atoms with van der Waals surface area (Å²) in [5.74, 6) is -9.88. The van der Waals surface area contributed by atoms with Crippen molar-refractivity contribution in [1.82, 2.24) is 31.9 Å². The number of primary amides is 1. The van der Waals surface area contributed by atoms with Crippen LogP contribution in [0.2, 0.25) is 0 Å². The van der Waals surface area contributed by atoms with Crippen molar-refractivity contribution in [3.8, 4) is 0 Å². The first-order valence-electron chi connectivity index (χ1n) is 20.5. The first kappa shape index (κ1) is 53.3. The number of hydrogen-bond donors (Lipinski definition) is 12. The molecule has 61 heavy (non-hydrogen) atoms. The maximum absolute atomic E-state index is 13.9. The molecule has 7 atom stereocenters. The molecular formula is C40H66N10O11. The zero-order valence-electron chi connectivity index (χ0n) is 35.4. The van der Waals surface area contributed by atoms with Gasteiger partial charge in [-0.25, -0.2) is 4.79 Å². The molecule has 1 rings (SSSR count).